The van der Waals surface area contributed by atoms with Crippen molar-refractivity contribution < 1.29 is 18.4 Å². The first-order chi connectivity index (χ1) is 16.8. The quantitative estimate of drug-likeness (QED) is 0.518. The van der Waals surface area contributed by atoms with Crippen molar-refractivity contribution in [3.8, 4) is 0 Å². The lowest BCUT2D eigenvalue weighted by atomic mass is 9.70. The number of aromatic nitrogens is 1. The van der Waals surface area contributed by atoms with E-state index >= 15 is 8.78 Å². The largest absolute Gasteiger partial charge is 0.326 e. The van der Waals surface area contributed by atoms with E-state index in [1.54, 1.807) is 24.4 Å². The average Bonchev–Trinajstić information content (AvgIpc) is 2.84. The zero-order valence-electron chi connectivity index (χ0n) is 19.8. The second-order valence-electron chi connectivity index (χ2n) is 9.99. The molecule has 2 aromatic carbocycles. The minimum absolute atomic E-state index is 0.0567. The van der Waals surface area contributed by atoms with Gasteiger partial charge in [-0.15, -0.1) is 0 Å². The first-order valence-electron chi connectivity index (χ1n) is 12.2. The summed E-state index contributed by atoms with van der Waals surface area (Å²) in [5.41, 5.74) is 2.03. The van der Waals surface area contributed by atoms with E-state index < -0.39 is 42.2 Å². The van der Waals surface area contributed by atoms with Gasteiger partial charge in [-0.25, -0.2) is 8.78 Å². The Balaban J connectivity index is 1.52. The van der Waals surface area contributed by atoms with Crippen LogP contribution in [0.1, 0.15) is 44.6 Å². The first kappa shape index (κ1) is 23.4. The van der Waals surface area contributed by atoms with Gasteiger partial charge in [-0.05, 0) is 48.6 Å². The number of fused-ring (bicyclic) bond motifs is 4. The van der Waals surface area contributed by atoms with Gasteiger partial charge in [0.15, 0.2) is 0 Å². The predicted octanol–water partition coefficient (Wildman–Crippen LogP) is 5.63. The topological polar surface area (TPSA) is 62.3 Å². The summed E-state index contributed by atoms with van der Waals surface area (Å²) in [4.78, 5) is 33.5. The van der Waals surface area contributed by atoms with Gasteiger partial charge < -0.3 is 10.2 Å². The van der Waals surface area contributed by atoms with E-state index in [0.717, 1.165) is 10.9 Å². The van der Waals surface area contributed by atoms with Crippen molar-refractivity contribution in [3.63, 3.8) is 0 Å². The van der Waals surface area contributed by atoms with Gasteiger partial charge in [0.1, 0.15) is 6.04 Å². The molecule has 3 fully saturated rings. The zero-order chi connectivity index (χ0) is 24.7. The minimum atomic E-state index is -3.00. The van der Waals surface area contributed by atoms with Crippen LogP contribution in [0.2, 0.25) is 0 Å². The zero-order valence-corrected chi connectivity index (χ0v) is 19.8. The van der Waals surface area contributed by atoms with E-state index in [2.05, 4.69) is 10.3 Å². The molecule has 3 heterocycles. The van der Waals surface area contributed by atoms with Gasteiger partial charge in [0, 0.05) is 24.0 Å². The van der Waals surface area contributed by atoms with Crippen LogP contribution < -0.4 is 5.32 Å². The number of hydrogen-bond acceptors (Lipinski definition) is 3. The van der Waals surface area contributed by atoms with Crippen LogP contribution in [-0.2, 0) is 9.59 Å². The number of pyridine rings is 1. The Morgan fingerprint density at radius 3 is 2.51 bits per heavy atom. The maximum Gasteiger partial charge on any atom is 0.255 e. The number of amides is 2. The number of anilines is 1. The summed E-state index contributed by atoms with van der Waals surface area (Å²) in [6.07, 6.45) is 1.96. The number of carbonyl (C=O) groups is 2. The molecule has 1 aliphatic carbocycles. The lowest BCUT2D eigenvalue weighted by Gasteiger charge is -2.54. The minimum Gasteiger partial charge on any atom is -0.326 e. The number of carbonyl (C=O) groups excluding carboxylic acids is 2. The number of benzene rings is 2. The highest BCUT2D eigenvalue weighted by Crippen LogP contribution is 2.50. The van der Waals surface area contributed by atoms with Crippen LogP contribution in [0, 0.1) is 11.8 Å². The SMILES string of the molecule is CC(C)[C@H](C(=O)N1[C@@H]2CC[C@@H]([C@H]1C(=O)Nc1cccc3ncccc13)C(F)(F)C2)c1ccccc1. The fourth-order valence-corrected chi connectivity index (χ4v) is 5.88. The molecule has 7 heteroatoms. The number of nitrogens with one attached hydrogen (secondary N) is 1. The molecular weight excluding hydrogens is 448 g/mol. The maximum atomic E-state index is 15.1. The molecule has 3 aliphatic rings. The Morgan fingerprint density at radius 2 is 1.80 bits per heavy atom. The molecule has 0 unspecified atom stereocenters. The average molecular weight is 478 g/mol. The fraction of sp³-hybridized carbons (Fsp3) is 0.393. The molecule has 2 aliphatic heterocycles. The molecule has 2 amide bonds. The van der Waals surface area contributed by atoms with Crippen LogP contribution >= 0.6 is 0 Å². The monoisotopic (exact) mass is 477 g/mol. The van der Waals surface area contributed by atoms with Crippen LogP contribution in [0.5, 0.6) is 0 Å². The van der Waals surface area contributed by atoms with E-state index in [-0.39, 0.29) is 18.2 Å². The summed E-state index contributed by atoms with van der Waals surface area (Å²) < 4.78 is 30.2. The number of alkyl halides is 2. The van der Waals surface area contributed by atoms with Crippen molar-refractivity contribution in [2.45, 2.75) is 57.0 Å². The third-order valence-corrected chi connectivity index (χ3v) is 7.45. The first-order valence-corrected chi connectivity index (χ1v) is 12.2. The van der Waals surface area contributed by atoms with Gasteiger partial charge in [0.25, 0.3) is 5.92 Å². The van der Waals surface area contributed by atoms with Crippen molar-refractivity contribution in [1.29, 1.82) is 0 Å². The second-order valence-corrected chi connectivity index (χ2v) is 9.99. The van der Waals surface area contributed by atoms with Gasteiger partial charge in [-0.3, -0.25) is 14.6 Å². The van der Waals surface area contributed by atoms with E-state index in [1.807, 2.05) is 56.3 Å². The summed E-state index contributed by atoms with van der Waals surface area (Å²) in [5.74, 6) is -5.61. The molecule has 2 saturated heterocycles. The van der Waals surface area contributed by atoms with Crippen LogP contribution in [0.3, 0.4) is 0 Å². The predicted molar refractivity (Wildman–Crippen MR) is 131 cm³/mol. The molecular formula is C28H29F2N3O2. The summed E-state index contributed by atoms with van der Waals surface area (Å²) >= 11 is 0. The van der Waals surface area contributed by atoms with Crippen molar-refractivity contribution in [2.24, 2.45) is 11.8 Å². The Kier molecular flexibility index (Phi) is 6.03. The number of rotatable bonds is 5. The molecule has 5 nitrogen and oxygen atoms in total. The molecule has 3 aromatic rings. The number of nitrogens with zero attached hydrogens (tertiary/aromatic N) is 2. The summed E-state index contributed by atoms with van der Waals surface area (Å²) in [6.45, 7) is 3.90. The van der Waals surface area contributed by atoms with E-state index in [9.17, 15) is 9.59 Å². The maximum absolute atomic E-state index is 15.1. The Labute approximate surface area is 203 Å². The van der Waals surface area contributed by atoms with Crippen LogP contribution in [0.25, 0.3) is 10.9 Å². The Morgan fingerprint density at radius 1 is 1.03 bits per heavy atom. The second kappa shape index (κ2) is 9.02. The van der Waals surface area contributed by atoms with Crippen LogP contribution in [0.4, 0.5) is 14.5 Å². The Hall–Kier alpha value is -3.35. The van der Waals surface area contributed by atoms with E-state index in [0.29, 0.717) is 17.6 Å². The summed E-state index contributed by atoms with van der Waals surface area (Å²) in [7, 11) is 0. The highest BCUT2D eigenvalue weighted by Gasteiger charge is 2.61. The summed E-state index contributed by atoms with van der Waals surface area (Å²) in [6, 6.07) is 16.4. The van der Waals surface area contributed by atoms with Crippen molar-refractivity contribution in [3.05, 3.63) is 72.4 Å². The molecule has 1 aromatic heterocycles. The molecule has 6 rings (SSSR count). The third-order valence-electron chi connectivity index (χ3n) is 7.45. The lowest BCUT2D eigenvalue weighted by Crippen LogP contribution is -2.68. The summed E-state index contributed by atoms with van der Waals surface area (Å²) in [5, 5.41) is 3.58. The van der Waals surface area contributed by atoms with E-state index in [1.165, 1.54) is 4.90 Å². The fourth-order valence-electron chi connectivity index (χ4n) is 5.88. The third kappa shape index (κ3) is 4.17. The number of halogens is 2. The highest BCUT2D eigenvalue weighted by atomic mass is 19.3. The normalized spacial score (nSPS) is 23.9. The van der Waals surface area contributed by atoms with Crippen LogP contribution in [0.15, 0.2) is 66.9 Å². The van der Waals surface area contributed by atoms with Crippen molar-refractivity contribution >= 4 is 28.4 Å². The van der Waals surface area contributed by atoms with Crippen molar-refractivity contribution in [1.82, 2.24) is 9.88 Å². The van der Waals surface area contributed by atoms with Gasteiger partial charge in [-0.1, -0.05) is 50.2 Å². The highest BCUT2D eigenvalue weighted by molar-refractivity contribution is 6.04. The molecule has 2 bridgehead atoms. The van der Waals surface area contributed by atoms with Crippen molar-refractivity contribution in [2.75, 3.05) is 5.32 Å². The molecule has 1 N–H and O–H groups in total. The standard InChI is InChI=1S/C28H29F2N3O2/c1-17(2)24(18-8-4-3-5-9-18)27(35)33-19-13-14-21(28(29,30)16-19)25(33)26(34)32-23-12-6-11-22-20(23)10-7-15-31-22/h3-12,15,17,19,21,24-25H,13-14,16H2,1-2H3,(H,32,34)/t19-,21+,24+,25+/m1/s1. The molecule has 4 atom stereocenters. The molecule has 35 heavy (non-hydrogen) atoms. The lowest BCUT2D eigenvalue weighted by molar-refractivity contribution is -0.193. The smallest absolute Gasteiger partial charge is 0.255 e. The Bertz CT molecular complexity index is 1240. The molecule has 0 spiro atoms. The molecule has 1 saturated carbocycles. The van der Waals surface area contributed by atoms with Gasteiger partial charge in [-0.2, -0.15) is 0 Å². The molecule has 0 radical (unpaired) electrons. The van der Waals surface area contributed by atoms with Gasteiger partial charge in [0.05, 0.1) is 23.0 Å². The number of hydrogen-bond donors (Lipinski definition) is 1. The van der Waals surface area contributed by atoms with E-state index in [4.69, 9.17) is 0 Å². The van der Waals surface area contributed by atoms with Gasteiger partial charge >= 0.3 is 0 Å². The molecule has 182 valence electrons. The number of piperidine rings is 2. The van der Waals surface area contributed by atoms with Gasteiger partial charge in [0.2, 0.25) is 11.8 Å². The van der Waals surface area contributed by atoms with Crippen LogP contribution in [-0.4, -0.2) is 39.7 Å².